The molecule has 0 saturated carbocycles. The fraction of sp³-hybridized carbons (Fsp3) is 0.333. The molecule has 1 heterocycles. The van der Waals surface area contributed by atoms with E-state index < -0.39 is 23.7 Å². The Labute approximate surface area is 161 Å². The molecule has 0 fully saturated rings. The summed E-state index contributed by atoms with van der Waals surface area (Å²) in [6.07, 6.45) is 0. The molecule has 0 aliphatic carbocycles. The monoisotopic (exact) mass is 431 g/mol. The molecule has 3 aromatic rings. The van der Waals surface area contributed by atoms with Crippen LogP contribution in [0.5, 0.6) is 5.75 Å². The van der Waals surface area contributed by atoms with E-state index in [2.05, 4.69) is 4.18 Å². The second kappa shape index (κ2) is 6.78. The molecule has 28 heavy (non-hydrogen) atoms. The van der Waals surface area contributed by atoms with Crippen molar-refractivity contribution in [2.45, 2.75) is 31.9 Å². The van der Waals surface area contributed by atoms with Crippen LogP contribution in [0.3, 0.4) is 0 Å². The molecule has 0 unspecified atom stereocenters. The van der Waals surface area contributed by atoms with E-state index in [9.17, 15) is 21.6 Å². The van der Waals surface area contributed by atoms with Gasteiger partial charge in [0, 0.05) is 23.9 Å². The number of aromatic nitrogens is 1. The number of benzene rings is 2. The maximum absolute atomic E-state index is 12.9. The van der Waals surface area contributed by atoms with Crippen LogP contribution in [0.4, 0.5) is 13.2 Å². The summed E-state index contributed by atoms with van der Waals surface area (Å²) in [6.45, 7) is 5.89. The quantitative estimate of drug-likeness (QED) is 0.346. The number of hydrogen-bond donors (Lipinski definition) is 0. The Morgan fingerprint density at radius 3 is 2.25 bits per heavy atom. The van der Waals surface area contributed by atoms with Crippen molar-refractivity contribution in [1.29, 1.82) is 0 Å². The largest absolute Gasteiger partial charge is 0.534 e. The number of nitrogens with zero attached hydrogens (tertiary/aromatic N) is 1. The van der Waals surface area contributed by atoms with Gasteiger partial charge in [-0.25, -0.2) is 0 Å². The van der Waals surface area contributed by atoms with Crippen LogP contribution in [0.15, 0.2) is 36.4 Å². The SMILES string of the molecule is COCn1c2ccccc2c2cc([Si](C)(C)C)c(OS(=O)(=O)C(F)(F)F)cc21. The molecule has 0 radical (unpaired) electrons. The van der Waals surface area contributed by atoms with E-state index in [1.807, 2.05) is 43.9 Å². The van der Waals surface area contributed by atoms with Crippen molar-refractivity contribution >= 4 is 45.2 Å². The average Bonchev–Trinajstić information content (AvgIpc) is 2.86. The third-order valence-corrected chi connectivity index (χ3v) is 7.40. The molecular formula is C18H20F3NO4SSi. The van der Waals surface area contributed by atoms with Gasteiger partial charge in [-0.05, 0) is 17.3 Å². The molecule has 152 valence electrons. The van der Waals surface area contributed by atoms with Crippen LogP contribution < -0.4 is 9.37 Å². The molecule has 0 N–H and O–H groups in total. The van der Waals surface area contributed by atoms with Crippen molar-refractivity contribution in [2.24, 2.45) is 0 Å². The highest BCUT2D eigenvalue weighted by Gasteiger charge is 2.49. The highest BCUT2D eigenvalue weighted by atomic mass is 32.2. The number of halogens is 3. The summed E-state index contributed by atoms with van der Waals surface area (Å²) in [4.78, 5) is 0. The number of alkyl halides is 3. The van der Waals surface area contributed by atoms with Gasteiger partial charge in [-0.15, -0.1) is 0 Å². The fourth-order valence-electron chi connectivity index (χ4n) is 3.16. The molecular weight excluding hydrogens is 411 g/mol. The second-order valence-electron chi connectivity index (χ2n) is 7.46. The van der Waals surface area contributed by atoms with Crippen LogP contribution in [-0.4, -0.2) is 33.7 Å². The summed E-state index contributed by atoms with van der Waals surface area (Å²) < 4.78 is 73.6. The molecule has 0 aliphatic heterocycles. The maximum atomic E-state index is 12.9. The third-order valence-electron chi connectivity index (χ3n) is 4.42. The van der Waals surface area contributed by atoms with Crippen molar-refractivity contribution in [3.05, 3.63) is 36.4 Å². The van der Waals surface area contributed by atoms with E-state index in [0.29, 0.717) is 10.7 Å². The highest BCUT2D eigenvalue weighted by Crippen LogP contribution is 2.34. The van der Waals surface area contributed by atoms with Crippen molar-refractivity contribution < 1.29 is 30.5 Å². The van der Waals surface area contributed by atoms with E-state index in [0.717, 1.165) is 16.3 Å². The number of para-hydroxylation sites is 1. The molecule has 5 nitrogen and oxygen atoms in total. The lowest BCUT2D eigenvalue weighted by Gasteiger charge is -2.22. The van der Waals surface area contributed by atoms with Gasteiger partial charge in [-0.3, -0.25) is 0 Å². The Bertz CT molecular complexity index is 1150. The zero-order valence-electron chi connectivity index (χ0n) is 15.8. The summed E-state index contributed by atoms with van der Waals surface area (Å²) in [6, 6.07) is 10.6. The van der Waals surface area contributed by atoms with Crippen LogP contribution >= 0.6 is 0 Å². The van der Waals surface area contributed by atoms with Gasteiger partial charge in [0.2, 0.25) is 0 Å². The second-order valence-corrected chi connectivity index (χ2v) is 14.0. The van der Waals surface area contributed by atoms with E-state index in [4.69, 9.17) is 4.74 Å². The molecule has 0 aliphatic rings. The van der Waals surface area contributed by atoms with Gasteiger partial charge in [0.1, 0.15) is 12.5 Å². The van der Waals surface area contributed by atoms with Crippen LogP contribution in [0.2, 0.25) is 19.6 Å². The minimum atomic E-state index is -5.78. The number of hydrogen-bond acceptors (Lipinski definition) is 4. The average molecular weight is 432 g/mol. The Balaban J connectivity index is 2.37. The number of methoxy groups -OCH3 is 1. The third kappa shape index (κ3) is 3.51. The van der Waals surface area contributed by atoms with Crippen LogP contribution in [0.1, 0.15) is 0 Å². The Kier molecular flexibility index (Phi) is 5.01. The first-order valence-electron chi connectivity index (χ1n) is 8.42. The van der Waals surface area contributed by atoms with E-state index in [1.54, 1.807) is 10.6 Å². The molecule has 0 saturated heterocycles. The molecule has 1 aromatic heterocycles. The van der Waals surface area contributed by atoms with Gasteiger partial charge < -0.3 is 13.5 Å². The van der Waals surface area contributed by atoms with Crippen molar-refractivity contribution in [3.63, 3.8) is 0 Å². The summed E-state index contributed by atoms with van der Waals surface area (Å²) in [7, 11) is -6.52. The van der Waals surface area contributed by atoms with E-state index in [-0.39, 0.29) is 12.5 Å². The summed E-state index contributed by atoms with van der Waals surface area (Å²) >= 11 is 0. The first-order chi connectivity index (χ1) is 12.9. The molecule has 0 bridgehead atoms. The van der Waals surface area contributed by atoms with Gasteiger partial charge in [-0.1, -0.05) is 37.8 Å². The standard InChI is InChI=1S/C18H20F3NO4SSi/c1-25-11-22-14-8-6-5-7-12(14)13-9-17(28(2,3)4)16(10-15(13)22)26-27(23,24)18(19,20)21/h5-10H,11H2,1-4H3. The summed E-state index contributed by atoms with van der Waals surface area (Å²) in [5.41, 5.74) is -4.13. The zero-order valence-corrected chi connectivity index (χ0v) is 17.6. The van der Waals surface area contributed by atoms with E-state index in [1.165, 1.54) is 13.2 Å². The minimum Gasteiger partial charge on any atom is -0.376 e. The van der Waals surface area contributed by atoms with E-state index >= 15 is 0 Å². The lowest BCUT2D eigenvalue weighted by molar-refractivity contribution is -0.0499. The van der Waals surface area contributed by atoms with Crippen molar-refractivity contribution in [2.75, 3.05) is 7.11 Å². The number of rotatable bonds is 5. The molecule has 0 amide bonds. The van der Waals surface area contributed by atoms with Crippen molar-refractivity contribution in [1.82, 2.24) is 4.57 Å². The highest BCUT2D eigenvalue weighted by molar-refractivity contribution is 7.88. The smallest absolute Gasteiger partial charge is 0.376 e. The van der Waals surface area contributed by atoms with Gasteiger partial charge >= 0.3 is 15.6 Å². The Morgan fingerprint density at radius 1 is 1.04 bits per heavy atom. The Morgan fingerprint density at radius 2 is 1.68 bits per heavy atom. The van der Waals surface area contributed by atoms with Gasteiger partial charge in [0.15, 0.2) is 0 Å². The first kappa shape index (κ1) is 20.7. The van der Waals surface area contributed by atoms with Gasteiger partial charge in [0.05, 0.1) is 19.1 Å². The molecule has 3 rings (SSSR count). The lowest BCUT2D eigenvalue weighted by atomic mass is 10.1. The fourth-order valence-corrected chi connectivity index (χ4v) is 5.15. The topological polar surface area (TPSA) is 57.5 Å². The van der Waals surface area contributed by atoms with Crippen LogP contribution in [0.25, 0.3) is 21.8 Å². The first-order valence-corrected chi connectivity index (χ1v) is 13.3. The predicted molar refractivity (Wildman–Crippen MR) is 105 cm³/mol. The van der Waals surface area contributed by atoms with Crippen LogP contribution in [-0.2, 0) is 21.6 Å². The maximum Gasteiger partial charge on any atom is 0.534 e. The Hall–Kier alpha value is -2.04. The van der Waals surface area contributed by atoms with Gasteiger partial charge in [-0.2, -0.15) is 21.6 Å². The zero-order chi connectivity index (χ0) is 20.9. The number of ether oxygens (including phenoxy) is 1. The van der Waals surface area contributed by atoms with Gasteiger partial charge in [0.25, 0.3) is 0 Å². The van der Waals surface area contributed by atoms with Crippen LogP contribution in [0, 0.1) is 0 Å². The number of fused-ring (bicyclic) bond motifs is 3. The minimum absolute atomic E-state index is 0.155. The summed E-state index contributed by atoms with van der Waals surface area (Å²) in [5.74, 6) is -0.288. The molecule has 0 atom stereocenters. The molecule has 2 aromatic carbocycles. The summed E-state index contributed by atoms with van der Waals surface area (Å²) in [5, 5.41) is 2.20. The molecule has 0 spiro atoms. The lowest BCUT2D eigenvalue weighted by Crippen LogP contribution is -2.40. The normalized spacial score (nSPS) is 13.4. The molecule has 10 heteroatoms. The predicted octanol–water partition coefficient (Wildman–Crippen LogP) is 4.17. The van der Waals surface area contributed by atoms with Crippen molar-refractivity contribution in [3.8, 4) is 5.75 Å².